The Morgan fingerprint density at radius 3 is 2.45 bits per heavy atom. The molecule has 2 aromatic heterocycles. The van der Waals surface area contributed by atoms with E-state index in [1.54, 1.807) is 10.7 Å². The van der Waals surface area contributed by atoms with Gasteiger partial charge in [0, 0.05) is 49.9 Å². The average Bonchev–Trinajstić information content (AvgIpc) is 3.42. The molecule has 0 bridgehead atoms. The average molecular weight is 602 g/mol. The number of pyridine rings is 1. The Morgan fingerprint density at radius 2 is 1.75 bits per heavy atom. The molecule has 13 heteroatoms. The molecule has 2 aromatic carbocycles. The molecule has 0 aliphatic carbocycles. The van der Waals surface area contributed by atoms with E-state index < -0.39 is 17.9 Å². The molecular weight excluding hydrogens is 569 g/mol. The van der Waals surface area contributed by atoms with Crippen LogP contribution in [0.4, 0.5) is 25.5 Å². The van der Waals surface area contributed by atoms with Gasteiger partial charge in [0.05, 0.1) is 17.1 Å². The summed E-state index contributed by atoms with van der Waals surface area (Å²) >= 11 is 0. The van der Waals surface area contributed by atoms with Crippen molar-refractivity contribution in [2.24, 2.45) is 0 Å². The fourth-order valence-electron chi connectivity index (χ4n) is 4.66. The number of nitrogens with zero attached hydrogens (tertiary/aromatic N) is 4. The van der Waals surface area contributed by atoms with Crippen LogP contribution in [0.2, 0.25) is 0 Å². The highest BCUT2D eigenvalue weighted by atomic mass is 19.1. The van der Waals surface area contributed by atoms with Gasteiger partial charge < -0.3 is 25.4 Å². The van der Waals surface area contributed by atoms with Gasteiger partial charge in [-0.25, -0.2) is 18.7 Å². The molecule has 0 saturated heterocycles. The summed E-state index contributed by atoms with van der Waals surface area (Å²) in [4.78, 5) is 41.6. The van der Waals surface area contributed by atoms with Crippen LogP contribution in [0.25, 0.3) is 5.69 Å². The van der Waals surface area contributed by atoms with Gasteiger partial charge in [-0.1, -0.05) is 26.8 Å². The maximum Gasteiger partial charge on any atom is 0.407 e. The van der Waals surface area contributed by atoms with E-state index in [2.05, 4.69) is 20.9 Å². The fourth-order valence-corrected chi connectivity index (χ4v) is 4.66. The lowest BCUT2D eigenvalue weighted by atomic mass is 9.92. The van der Waals surface area contributed by atoms with Gasteiger partial charge in [0.2, 0.25) is 0 Å². The molecule has 44 heavy (non-hydrogen) atoms. The molecule has 4 N–H and O–H groups in total. The SMILES string of the molecule is CNC(=O)c1cc(Oc2ccc(NC(=O)Nc3cc(C(C)(C)C)nn3-c3ccc4c(c3)CCN(C(=O)O)C4)c(F)c2)ccn1. The number of ether oxygens (including phenoxy) is 1. The summed E-state index contributed by atoms with van der Waals surface area (Å²) in [5.41, 5.74) is 3.09. The zero-order valence-electron chi connectivity index (χ0n) is 24.6. The van der Waals surface area contributed by atoms with Gasteiger partial charge in [0.25, 0.3) is 5.91 Å². The highest BCUT2D eigenvalue weighted by Crippen LogP contribution is 2.30. The number of carboxylic acid groups (broad SMARTS) is 1. The first-order valence-corrected chi connectivity index (χ1v) is 13.9. The van der Waals surface area contributed by atoms with Crippen LogP contribution in [0.1, 0.15) is 48.1 Å². The van der Waals surface area contributed by atoms with Gasteiger partial charge in [-0.3, -0.25) is 15.1 Å². The third-order valence-corrected chi connectivity index (χ3v) is 7.05. The van der Waals surface area contributed by atoms with Crippen LogP contribution in [0.5, 0.6) is 11.5 Å². The van der Waals surface area contributed by atoms with Crippen molar-refractivity contribution in [2.45, 2.75) is 39.2 Å². The third-order valence-electron chi connectivity index (χ3n) is 7.05. The Kier molecular flexibility index (Phi) is 8.21. The van der Waals surface area contributed by atoms with Crippen LogP contribution < -0.4 is 20.7 Å². The van der Waals surface area contributed by atoms with Gasteiger partial charge >= 0.3 is 12.1 Å². The van der Waals surface area contributed by atoms with Gasteiger partial charge in [-0.2, -0.15) is 5.10 Å². The second kappa shape index (κ2) is 12.0. The second-order valence-electron chi connectivity index (χ2n) is 11.3. The van der Waals surface area contributed by atoms with Crippen molar-refractivity contribution in [1.82, 2.24) is 25.0 Å². The molecule has 1 aliphatic heterocycles. The van der Waals surface area contributed by atoms with Gasteiger partial charge in [-0.15, -0.1) is 0 Å². The van der Waals surface area contributed by atoms with E-state index in [0.717, 1.165) is 22.9 Å². The molecule has 4 amide bonds. The van der Waals surface area contributed by atoms with Gasteiger partial charge in [0.15, 0.2) is 0 Å². The smallest absolute Gasteiger partial charge is 0.407 e. The van der Waals surface area contributed by atoms with Crippen molar-refractivity contribution in [1.29, 1.82) is 0 Å². The molecule has 1 aliphatic rings. The number of benzene rings is 2. The van der Waals surface area contributed by atoms with E-state index in [1.165, 1.54) is 42.4 Å². The Bertz CT molecular complexity index is 1750. The molecule has 12 nitrogen and oxygen atoms in total. The fraction of sp³-hybridized carbons (Fsp3) is 0.258. The van der Waals surface area contributed by atoms with E-state index in [9.17, 15) is 23.9 Å². The van der Waals surface area contributed by atoms with Crippen LogP contribution in [0.3, 0.4) is 0 Å². The maximum absolute atomic E-state index is 15.0. The number of aromatic nitrogens is 3. The van der Waals surface area contributed by atoms with Crippen LogP contribution in [0, 0.1) is 5.82 Å². The molecule has 4 aromatic rings. The number of fused-ring (bicyclic) bond motifs is 1. The number of carbonyl (C=O) groups excluding carboxylic acids is 2. The van der Waals surface area contributed by atoms with E-state index in [1.807, 2.05) is 39.0 Å². The molecule has 0 spiro atoms. The van der Waals surface area contributed by atoms with Crippen molar-refractivity contribution in [2.75, 3.05) is 24.2 Å². The monoisotopic (exact) mass is 601 g/mol. The quantitative estimate of drug-likeness (QED) is 0.227. The van der Waals surface area contributed by atoms with Crippen molar-refractivity contribution in [3.63, 3.8) is 0 Å². The first kappa shape index (κ1) is 30.0. The summed E-state index contributed by atoms with van der Waals surface area (Å²) in [7, 11) is 1.48. The molecule has 228 valence electrons. The number of carbonyl (C=O) groups is 3. The van der Waals surface area contributed by atoms with E-state index in [4.69, 9.17) is 9.84 Å². The Labute approximate surface area is 252 Å². The highest BCUT2D eigenvalue weighted by molar-refractivity contribution is 5.99. The summed E-state index contributed by atoms with van der Waals surface area (Å²) < 4.78 is 22.3. The van der Waals surface area contributed by atoms with Crippen LogP contribution >= 0.6 is 0 Å². The number of hydrogen-bond donors (Lipinski definition) is 4. The summed E-state index contributed by atoms with van der Waals surface area (Å²) in [5, 5.41) is 21.9. The summed E-state index contributed by atoms with van der Waals surface area (Å²) in [6.07, 6.45) is 1.01. The third kappa shape index (κ3) is 6.61. The number of urea groups is 1. The van der Waals surface area contributed by atoms with E-state index >= 15 is 0 Å². The lowest BCUT2D eigenvalue weighted by molar-refractivity contribution is 0.0957. The second-order valence-corrected chi connectivity index (χ2v) is 11.3. The molecule has 0 atom stereocenters. The Balaban J connectivity index is 1.33. The molecule has 5 rings (SSSR count). The summed E-state index contributed by atoms with van der Waals surface area (Å²) in [6, 6.07) is 13.7. The van der Waals surface area contributed by atoms with Crippen molar-refractivity contribution < 1.29 is 28.6 Å². The lowest BCUT2D eigenvalue weighted by Crippen LogP contribution is -2.34. The largest absolute Gasteiger partial charge is 0.465 e. The maximum atomic E-state index is 15.0. The van der Waals surface area contributed by atoms with Gasteiger partial charge in [0.1, 0.15) is 28.8 Å². The lowest BCUT2D eigenvalue weighted by Gasteiger charge is -2.26. The molecule has 3 heterocycles. The van der Waals surface area contributed by atoms with Crippen molar-refractivity contribution in [3.8, 4) is 17.2 Å². The summed E-state index contributed by atoms with van der Waals surface area (Å²) in [6.45, 7) is 6.70. The highest BCUT2D eigenvalue weighted by Gasteiger charge is 2.24. The summed E-state index contributed by atoms with van der Waals surface area (Å²) in [5.74, 6) is -0.288. The number of rotatable bonds is 6. The van der Waals surface area contributed by atoms with Crippen LogP contribution in [-0.4, -0.2) is 56.4 Å². The minimum atomic E-state index is -0.956. The zero-order chi connectivity index (χ0) is 31.6. The Hall–Kier alpha value is -5.46. The minimum absolute atomic E-state index is 0.0745. The molecule has 0 radical (unpaired) electrons. The molecule has 0 saturated carbocycles. The van der Waals surface area contributed by atoms with E-state index in [-0.39, 0.29) is 28.5 Å². The molecule has 0 unspecified atom stereocenters. The van der Waals surface area contributed by atoms with Gasteiger partial charge in [-0.05, 0) is 47.9 Å². The number of amides is 4. The predicted octanol–water partition coefficient (Wildman–Crippen LogP) is 5.54. The normalized spacial score (nSPS) is 12.7. The standard InChI is InChI=1S/C31H32FN7O5/c1-31(2,3)26-16-27(39(37-26)20-6-5-19-17-38(30(42)43)12-10-18(19)13-20)36-29(41)35-24-8-7-21(14-23(24)32)44-22-9-11-34-25(15-22)28(40)33-4/h5-9,11,13-16H,10,12,17H2,1-4H3,(H,33,40)(H,42,43)(H2,35,36,41). The number of anilines is 2. The first-order chi connectivity index (χ1) is 20.9. The van der Waals surface area contributed by atoms with Crippen molar-refractivity contribution >= 4 is 29.5 Å². The zero-order valence-corrected chi connectivity index (χ0v) is 24.6. The van der Waals surface area contributed by atoms with Crippen LogP contribution in [-0.2, 0) is 18.4 Å². The van der Waals surface area contributed by atoms with Crippen molar-refractivity contribution in [3.05, 3.63) is 89.1 Å². The number of halogens is 1. The number of hydrogen-bond acceptors (Lipinski definition) is 6. The van der Waals surface area contributed by atoms with E-state index in [0.29, 0.717) is 36.8 Å². The molecular formula is C31H32FN7O5. The Morgan fingerprint density at radius 1 is 0.977 bits per heavy atom. The minimum Gasteiger partial charge on any atom is -0.465 e. The predicted molar refractivity (Wildman–Crippen MR) is 161 cm³/mol. The topological polar surface area (TPSA) is 151 Å². The molecule has 0 fully saturated rings. The van der Waals surface area contributed by atoms with Crippen LogP contribution in [0.15, 0.2) is 60.8 Å². The number of nitrogens with one attached hydrogen (secondary N) is 3. The first-order valence-electron chi connectivity index (χ1n) is 13.9.